The van der Waals surface area contributed by atoms with Crippen LogP contribution in [0.25, 0.3) is 10.2 Å². The highest BCUT2D eigenvalue weighted by Gasteiger charge is 2.25. The van der Waals surface area contributed by atoms with Crippen molar-refractivity contribution in [3.8, 4) is 0 Å². The average molecular weight is 263 g/mol. The first-order chi connectivity index (χ1) is 8.65. The highest BCUT2D eigenvalue weighted by atomic mass is 32.1. The summed E-state index contributed by atoms with van der Waals surface area (Å²) < 4.78 is 5.78. The molecule has 2 aromatic heterocycles. The Bertz CT molecular complexity index is 558. The fourth-order valence-electron chi connectivity index (χ4n) is 2.59. The number of rotatable bonds is 1. The molecule has 3 rings (SSSR count). The zero-order valence-corrected chi connectivity index (χ0v) is 11.7. The van der Waals surface area contributed by atoms with Gasteiger partial charge in [0.2, 0.25) is 0 Å². The molecule has 2 aromatic rings. The van der Waals surface area contributed by atoms with Gasteiger partial charge in [-0.05, 0) is 31.7 Å². The van der Waals surface area contributed by atoms with E-state index in [-0.39, 0.29) is 12.2 Å². The molecule has 0 aromatic carbocycles. The molecule has 5 heteroatoms. The van der Waals surface area contributed by atoms with E-state index in [2.05, 4.69) is 41.0 Å². The SMILES string of the molecule is Cc1csc2ncnc(N3C[C@@H](C)O[C@H](C)C3)c12. The van der Waals surface area contributed by atoms with E-state index in [4.69, 9.17) is 4.74 Å². The Morgan fingerprint density at radius 2 is 2.00 bits per heavy atom. The van der Waals surface area contributed by atoms with Gasteiger partial charge in [-0.15, -0.1) is 11.3 Å². The maximum absolute atomic E-state index is 5.78. The molecule has 0 spiro atoms. The van der Waals surface area contributed by atoms with Crippen molar-refractivity contribution in [2.75, 3.05) is 18.0 Å². The van der Waals surface area contributed by atoms with Gasteiger partial charge in [0.25, 0.3) is 0 Å². The molecule has 0 unspecified atom stereocenters. The van der Waals surface area contributed by atoms with E-state index in [0.717, 1.165) is 23.7 Å². The maximum atomic E-state index is 5.78. The molecule has 0 N–H and O–H groups in total. The first-order valence-electron chi connectivity index (χ1n) is 6.24. The fourth-order valence-corrected chi connectivity index (χ4v) is 3.47. The van der Waals surface area contributed by atoms with E-state index in [0.29, 0.717) is 0 Å². The summed E-state index contributed by atoms with van der Waals surface area (Å²) in [6, 6.07) is 0. The molecule has 0 radical (unpaired) electrons. The summed E-state index contributed by atoms with van der Waals surface area (Å²) in [6.45, 7) is 8.14. The molecule has 2 atom stereocenters. The monoisotopic (exact) mass is 263 g/mol. The van der Waals surface area contributed by atoms with Crippen LogP contribution in [0.4, 0.5) is 5.82 Å². The van der Waals surface area contributed by atoms with Crippen LogP contribution in [-0.4, -0.2) is 35.3 Å². The predicted octanol–water partition coefficient (Wildman–Crippen LogP) is 2.61. The van der Waals surface area contributed by atoms with Crippen LogP contribution in [0.1, 0.15) is 19.4 Å². The highest BCUT2D eigenvalue weighted by molar-refractivity contribution is 7.17. The molecule has 1 aliphatic heterocycles. The van der Waals surface area contributed by atoms with Crippen LogP contribution in [0.15, 0.2) is 11.7 Å². The second-order valence-corrected chi connectivity index (χ2v) is 5.82. The maximum Gasteiger partial charge on any atom is 0.141 e. The number of hydrogen-bond donors (Lipinski definition) is 0. The van der Waals surface area contributed by atoms with Crippen LogP contribution in [0, 0.1) is 6.92 Å². The molecule has 18 heavy (non-hydrogen) atoms. The number of hydrogen-bond acceptors (Lipinski definition) is 5. The van der Waals surface area contributed by atoms with E-state index in [1.807, 2.05) is 0 Å². The predicted molar refractivity (Wildman–Crippen MR) is 74.4 cm³/mol. The molecule has 96 valence electrons. The van der Waals surface area contributed by atoms with Crippen molar-refractivity contribution >= 4 is 27.4 Å². The van der Waals surface area contributed by atoms with Gasteiger partial charge in [-0.3, -0.25) is 0 Å². The lowest BCUT2D eigenvalue weighted by atomic mass is 10.2. The van der Waals surface area contributed by atoms with E-state index < -0.39 is 0 Å². The van der Waals surface area contributed by atoms with Crippen molar-refractivity contribution in [1.29, 1.82) is 0 Å². The third kappa shape index (κ3) is 1.97. The minimum absolute atomic E-state index is 0.248. The molecule has 0 saturated carbocycles. The van der Waals surface area contributed by atoms with Gasteiger partial charge in [-0.1, -0.05) is 0 Å². The summed E-state index contributed by atoms with van der Waals surface area (Å²) in [5.41, 5.74) is 1.26. The Labute approximate surface area is 111 Å². The molecular weight excluding hydrogens is 246 g/mol. The van der Waals surface area contributed by atoms with Crippen LogP contribution in [0.2, 0.25) is 0 Å². The molecule has 4 nitrogen and oxygen atoms in total. The molecule has 0 amide bonds. The zero-order chi connectivity index (χ0) is 12.7. The second-order valence-electron chi connectivity index (χ2n) is 4.96. The van der Waals surface area contributed by atoms with Crippen molar-refractivity contribution < 1.29 is 4.74 Å². The number of ether oxygens (including phenoxy) is 1. The molecular formula is C13H17N3OS. The van der Waals surface area contributed by atoms with Crippen molar-refractivity contribution in [3.63, 3.8) is 0 Å². The van der Waals surface area contributed by atoms with Gasteiger partial charge >= 0.3 is 0 Å². The lowest BCUT2D eigenvalue weighted by Gasteiger charge is -2.36. The highest BCUT2D eigenvalue weighted by Crippen LogP contribution is 2.31. The number of nitrogens with zero attached hydrogens (tertiary/aromatic N) is 3. The lowest BCUT2D eigenvalue weighted by Crippen LogP contribution is -2.45. The van der Waals surface area contributed by atoms with Crippen molar-refractivity contribution in [2.45, 2.75) is 33.0 Å². The van der Waals surface area contributed by atoms with Crippen molar-refractivity contribution in [1.82, 2.24) is 9.97 Å². The normalized spacial score (nSPS) is 24.7. The summed E-state index contributed by atoms with van der Waals surface area (Å²) in [6.07, 6.45) is 2.16. The summed E-state index contributed by atoms with van der Waals surface area (Å²) in [4.78, 5) is 12.2. The topological polar surface area (TPSA) is 38.2 Å². The van der Waals surface area contributed by atoms with Crippen LogP contribution in [-0.2, 0) is 4.74 Å². The van der Waals surface area contributed by atoms with Gasteiger partial charge in [-0.25, -0.2) is 9.97 Å². The number of aromatic nitrogens is 2. The second kappa shape index (κ2) is 4.48. The number of morpholine rings is 1. The minimum atomic E-state index is 0.248. The van der Waals surface area contributed by atoms with Gasteiger partial charge in [0, 0.05) is 13.1 Å². The molecule has 0 bridgehead atoms. The minimum Gasteiger partial charge on any atom is -0.372 e. The van der Waals surface area contributed by atoms with Crippen LogP contribution in [0.5, 0.6) is 0 Å². The molecule has 1 fully saturated rings. The van der Waals surface area contributed by atoms with Crippen LogP contribution in [0.3, 0.4) is 0 Å². The standard InChI is InChI=1S/C13H17N3OS/c1-8-6-18-13-11(8)12(14-7-15-13)16-4-9(2)17-10(3)5-16/h6-7,9-10H,4-5H2,1-3H3/t9-,10-/m1/s1. The van der Waals surface area contributed by atoms with Gasteiger partial charge in [0.05, 0.1) is 17.6 Å². The Kier molecular flexibility index (Phi) is 2.95. The van der Waals surface area contributed by atoms with E-state index in [9.17, 15) is 0 Å². The van der Waals surface area contributed by atoms with E-state index in [1.165, 1.54) is 10.9 Å². The quantitative estimate of drug-likeness (QED) is 0.792. The number of thiophene rings is 1. The van der Waals surface area contributed by atoms with Crippen molar-refractivity contribution in [3.05, 3.63) is 17.3 Å². The number of fused-ring (bicyclic) bond motifs is 1. The average Bonchev–Trinajstić information content (AvgIpc) is 2.70. The van der Waals surface area contributed by atoms with Crippen LogP contribution < -0.4 is 4.90 Å². The lowest BCUT2D eigenvalue weighted by molar-refractivity contribution is -0.00537. The largest absolute Gasteiger partial charge is 0.372 e. The van der Waals surface area contributed by atoms with Gasteiger partial charge in [-0.2, -0.15) is 0 Å². The summed E-state index contributed by atoms with van der Waals surface area (Å²) in [5, 5.41) is 3.35. The number of anilines is 1. The van der Waals surface area contributed by atoms with Crippen molar-refractivity contribution in [2.24, 2.45) is 0 Å². The molecule has 1 saturated heterocycles. The first kappa shape index (κ1) is 11.9. The molecule has 0 aliphatic carbocycles. The Balaban J connectivity index is 2.05. The zero-order valence-electron chi connectivity index (χ0n) is 10.9. The van der Waals surface area contributed by atoms with E-state index >= 15 is 0 Å². The third-order valence-corrected chi connectivity index (χ3v) is 4.26. The smallest absolute Gasteiger partial charge is 0.141 e. The summed E-state index contributed by atoms with van der Waals surface area (Å²) in [5.74, 6) is 1.06. The molecule has 3 heterocycles. The molecule has 1 aliphatic rings. The summed E-state index contributed by atoms with van der Waals surface area (Å²) in [7, 11) is 0. The fraction of sp³-hybridized carbons (Fsp3) is 0.538. The Morgan fingerprint density at radius 3 is 2.72 bits per heavy atom. The number of aryl methyl sites for hydroxylation is 1. The Hall–Kier alpha value is -1.20. The van der Waals surface area contributed by atoms with Gasteiger partial charge < -0.3 is 9.64 Å². The summed E-state index contributed by atoms with van der Waals surface area (Å²) >= 11 is 1.68. The van der Waals surface area contributed by atoms with Gasteiger partial charge in [0.15, 0.2) is 0 Å². The Morgan fingerprint density at radius 1 is 1.28 bits per heavy atom. The van der Waals surface area contributed by atoms with E-state index in [1.54, 1.807) is 17.7 Å². The first-order valence-corrected chi connectivity index (χ1v) is 7.12. The third-order valence-electron chi connectivity index (χ3n) is 3.25. The van der Waals surface area contributed by atoms with Gasteiger partial charge in [0.1, 0.15) is 17.0 Å². The van der Waals surface area contributed by atoms with Crippen LogP contribution >= 0.6 is 11.3 Å².